The molecule has 0 aliphatic heterocycles. The number of hydrogen-bond acceptors (Lipinski definition) is 5. The van der Waals surface area contributed by atoms with E-state index < -0.39 is 5.97 Å². The van der Waals surface area contributed by atoms with E-state index in [0.717, 1.165) is 10.6 Å². The van der Waals surface area contributed by atoms with E-state index in [9.17, 15) is 4.79 Å². The van der Waals surface area contributed by atoms with Crippen molar-refractivity contribution in [3.05, 3.63) is 59.3 Å². The third-order valence-corrected chi connectivity index (χ3v) is 3.59. The molecule has 0 spiro atoms. The van der Waals surface area contributed by atoms with Crippen molar-refractivity contribution in [2.24, 2.45) is 10.1 Å². The number of amidine groups is 1. The zero-order valence-corrected chi connectivity index (χ0v) is 13.4. The summed E-state index contributed by atoms with van der Waals surface area (Å²) in [6.07, 6.45) is 5.27. The van der Waals surface area contributed by atoms with Crippen molar-refractivity contribution in [3.63, 3.8) is 0 Å². The topological polar surface area (TPSA) is 84.1 Å². The van der Waals surface area contributed by atoms with Crippen LogP contribution < -0.4 is 0 Å². The average molecular weight is 329 g/mol. The highest BCUT2D eigenvalue weighted by Gasteiger charge is 2.08. The molecule has 2 aromatic rings. The first-order valence-corrected chi connectivity index (χ1v) is 7.86. The number of carboxylic acid groups (broad SMARTS) is 1. The van der Waals surface area contributed by atoms with Crippen molar-refractivity contribution in [1.82, 2.24) is 4.98 Å². The first-order chi connectivity index (χ1) is 11.2. The molecular weight excluding hydrogens is 314 g/mol. The van der Waals surface area contributed by atoms with Crippen molar-refractivity contribution in [2.75, 3.05) is 13.4 Å². The number of carboxylic acids is 1. The number of pyridine rings is 1. The van der Waals surface area contributed by atoms with Crippen LogP contribution in [0.3, 0.4) is 0 Å². The van der Waals surface area contributed by atoms with Gasteiger partial charge in [0.2, 0.25) is 0 Å². The van der Waals surface area contributed by atoms with Gasteiger partial charge >= 0.3 is 5.97 Å². The molecule has 1 N–H and O–H groups in total. The fourth-order valence-corrected chi connectivity index (χ4v) is 2.35. The van der Waals surface area contributed by atoms with Gasteiger partial charge in [0.1, 0.15) is 12.1 Å². The van der Waals surface area contributed by atoms with Gasteiger partial charge in [-0.3, -0.25) is 0 Å². The minimum absolute atomic E-state index is 0.160. The molecule has 0 atom stereocenters. The van der Waals surface area contributed by atoms with Crippen LogP contribution in [-0.2, 0) is 4.84 Å². The first-order valence-electron chi connectivity index (χ1n) is 6.63. The van der Waals surface area contributed by atoms with Crippen LogP contribution in [0.1, 0.15) is 21.5 Å². The van der Waals surface area contributed by atoms with E-state index in [2.05, 4.69) is 15.1 Å². The molecule has 1 aromatic carbocycles. The highest BCUT2D eigenvalue weighted by atomic mass is 32.2. The minimum atomic E-state index is -1.01. The van der Waals surface area contributed by atoms with Crippen LogP contribution in [0.25, 0.3) is 0 Å². The van der Waals surface area contributed by atoms with Crippen LogP contribution >= 0.6 is 11.8 Å². The van der Waals surface area contributed by atoms with E-state index in [1.165, 1.54) is 31.0 Å². The Labute approximate surface area is 137 Å². The molecule has 2 rings (SSSR count). The largest absolute Gasteiger partial charge is 0.478 e. The van der Waals surface area contributed by atoms with Crippen LogP contribution in [0.15, 0.2) is 57.8 Å². The molecule has 0 unspecified atom stereocenters. The summed E-state index contributed by atoms with van der Waals surface area (Å²) in [5, 5.41) is 13.8. The molecule has 23 heavy (non-hydrogen) atoms. The zero-order valence-electron chi connectivity index (χ0n) is 12.6. The second-order valence-corrected chi connectivity index (χ2v) is 5.14. The van der Waals surface area contributed by atoms with Gasteiger partial charge in [-0.1, -0.05) is 17.3 Å². The summed E-state index contributed by atoms with van der Waals surface area (Å²) in [6.45, 7) is 0. The van der Waals surface area contributed by atoms with Gasteiger partial charge in [0.25, 0.3) is 0 Å². The summed E-state index contributed by atoms with van der Waals surface area (Å²) in [4.78, 5) is 24.5. The van der Waals surface area contributed by atoms with E-state index in [4.69, 9.17) is 9.94 Å². The van der Waals surface area contributed by atoms with Gasteiger partial charge in [-0.15, -0.1) is 11.8 Å². The average Bonchev–Trinajstić information content (AvgIpc) is 2.59. The first kappa shape index (κ1) is 16.7. The van der Waals surface area contributed by atoms with Crippen molar-refractivity contribution in [3.8, 4) is 0 Å². The van der Waals surface area contributed by atoms with Crippen LogP contribution in [0.5, 0.6) is 0 Å². The summed E-state index contributed by atoms with van der Waals surface area (Å²) in [6, 6.07) is 10.1. The third kappa shape index (κ3) is 4.40. The van der Waals surface area contributed by atoms with Gasteiger partial charge in [-0.05, 0) is 30.5 Å². The molecule has 1 aromatic heterocycles. The standard InChI is InChI=1S/C16H15N3O3S/c1-22-19-14(11-5-3-6-12(9-11)16(20)21)18-10-13-7-4-8-17-15(13)23-2/h3-10H,1-2H3,(H,20,21)/b18-10?,19-14-. The summed E-state index contributed by atoms with van der Waals surface area (Å²) in [5.74, 6) is -0.726. The summed E-state index contributed by atoms with van der Waals surface area (Å²) in [5.41, 5.74) is 1.56. The lowest BCUT2D eigenvalue weighted by molar-refractivity contribution is 0.0697. The van der Waals surface area contributed by atoms with Gasteiger partial charge in [0.15, 0.2) is 5.84 Å². The Morgan fingerprint density at radius 3 is 2.78 bits per heavy atom. The number of nitrogens with zero attached hydrogens (tertiary/aromatic N) is 3. The maximum absolute atomic E-state index is 11.1. The lowest BCUT2D eigenvalue weighted by atomic mass is 10.1. The monoisotopic (exact) mass is 329 g/mol. The Kier molecular flexibility index (Phi) is 5.87. The molecule has 7 heteroatoms. The fraction of sp³-hybridized carbons (Fsp3) is 0.125. The SMILES string of the molecule is CO/N=C(\N=Cc1cccnc1SC)c1cccc(C(=O)O)c1. The van der Waals surface area contributed by atoms with Gasteiger partial charge in [0.05, 0.1) is 5.56 Å². The zero-order chi connectivity index (χ0) is 16.7. The number of benzene rings is 1. The number of aromatic carboxylic acids is 1. The smallest absolute Gasteiger partial charge is 0.335 e. The van der Waals surface area contributed by atoms with Crippen molar-refractivity contribution in [2.45, 2.75) is 5.03 Å². The number of rotatable bonds is 5. The van der Waals surface area contributed by atoms with Crippen LogP contribution in [0, 0.1) is 0 Å². The van der Waals surface area contributed by atoms with Gasteiger partial charge in [-0.25, -0.2) is 14.8 Å². The third-order valence-electron chi connectivity index (χ3n) is 2.87. The molecule has 0 amide bonds. The second kappa shape index (κ2) is 8.09. The number of thioether (sulfide) groups is 1. The van der Waals surface area contributed by atoms with Crippen molar-refractivity contribution in [1.29, 1.82) is 0 Å². The Balaban J connectivity index is 2.36. The Morgan fingerprint density at radius 2 is 2.09 bits per heavy atom. The Bertz CT molecular complexity index is 760. The van der Waals surface area contributed by atoms with E-state index >= 15 is 0 Å². The number of aliphatic imine (C=N–C) groups is 1. The summed E-state index contributed by atoms with van der Waals surface area (Å²) < 4.78 is 0. The highest BCUT2D eigenvalue weighted by Crippen LogP contribution is 2.15. The predicted molar refractivity (Wildman–Crippen MR) is 90.6 cm³/mol. The molecule has 0 bridgehead atoms. The molecule has 0 aliphatic rings. The molecule has 0 saturated heterocycles. The van der Waals surface area contributed by atoms with Gasteiger partial charge in [0, 0.05) is 23.5 Å². The van der Waals surface area contributed by atoms with E-state index in [1.807, 2.05) is 18.4 Å². The quantitative estimate of drug-likeness (QED) is 0.394. The van der Waals surface area contributed by atoms with Crippen molar-refractivity contribution >= 4 is 29.8 Å². The maximum atomic E-state index is 11.1. The summed E-state index contributed by atoms with van der Waals surface area (Å²) in [7, 11) is 1.41. The van der Waals surface area contributed by atoms with E-state index in [-0.39, 0.29) is 11.4 Å². The Morgan fingerprint density at radius 1 is 1.30 bits per heavy atom. The second-order valence-electron chi connectivity index (χ2n) is 4.34. The van der Waals surface area contributed by atoms with Crippen LogP contribution in [0.2, 0.25) is 0 Å². The molecule has 0 radical (unpaired) electrons. The van der Waals surface area contributed by atoms with E-state index in [0.29, 0.717) is 5.56 Å². The molecule has 0 saturated carbocycles. The molecule has 1 heterocycles. The predicted octanol–water partition coefficient (Wildman–Crippen LogP) is 2.93. The molecule has 118 valence electrons. The molecular formula is C16H15N3O3S. The molecule has 0 fully saturated rings. The number of carbonyl (C=O) groups is 1. The lowest BCUT2D eigenvalue weighted by Crippen LogP contribution is -2.03. The Hall–Kier alpha value is -2.67. The fourth-order valence-electron chi connectivity index (χ4n) is 1.83. The van der Waals surface area contributed by atoms with Gasteiger partial charge in [-0.2, -0.15) is 0 Å². The normalized spacial score (nSPS) is 11.7. The highest BCUT2D eigenvalue weighted by molar-refractivity contribution is 7.98. The van der Waals surface area contributed by atoms with Crippen LogP contribution in [0.4, 0.5) is 0 Å². The maximum Gasteiger partial charge on any atom is 0.335 e. The summed E-state index contributed by atoms with van der Waals surface area (Å²) >= 11 is 1.51. The number of oxime groups is 1. The van der Waals surface area contributed by atoms with Gasteiger partial charge < -0.3 is 9.94 Å². The molecule has 6 nitrogen and oxygen atoms in total. The van der Waals surface area contributed by atoms with Crippen LogP contribution in [-0.4, -0.2) is 41.5 Å². The lowest BCUT2D eigenvalue weighted by Gasteiger charge is -2.03. The molecule has 0 aliphatic carbocycles. The number of hydrogen-bond donors (Lipinski definition) is 1. The van der Waals surface area contributed by atoms with E-state index in [1.54, 1.807) is 24.5 Å². The minimum Gasteiger partial charge on any atom is -0.478 e. The van der Waals surface area contributed by atoms with Crippen molar-refractivity contribution < 1.29 is 14.7 Å². The number of aromatic nitrogens is 1.